The van der Waals surface area contributed by atoms with Crippen molar-refractivity contribution in [3.05, 3.63) is 35.6 Å². The largest absolute Gasteiger partial charge is 0.357 e. The summed E-state index contributed by atoms with van der Waals surface area (Å²) in [5.74, 6) is 0.688. The first-order chi connectivity index (χ1) is 11.6. The third-order valence-electron chi connectivity index (χ3n) is 3.80. The number of benzene rings is 1. The summed E-state index contributed by atoms with van der Waals surface area (Å²) in [6.45, 7) is 4.04. The maximum Gasteiger partial charge on any atom is 0.220 e. The molecule has 7 heteroatoms. The molecule has 0 spiro atoms. The topological polar surface area (TPSA) is 56.7 Å². The lowest BCUT2D eigenvalue weighted by atomic mass is 10.2. The van der Waals surface area contributed by atoms with Gasteiger partial charge in [-0.05, 0) is 43.9 Å². The minimum atomic E-state index is -0.230. The van der Waals surface area contributed by atoms with Crippen molar-refractivity contribution in [1.82, 2.24) is 15.5 Å². The standard InChI is InChI=1S/C18H27FN4O.HI/c1-3-20-18(21-12-4-5-17(24)22-16-10-11-16)23(2)13-14-6-8-15(19)9-7-14;/h6-9,16H,3-5,10-13H2,1-2H3,(H,20,21)(H,22,24);1H. The molecule has 0 heterocycles. The monoisotopic (exact) mass is 462 g/mol. The van der Waals surface area contributed by atoms with Gasteiger partial charge in [0.25, 0.3) is 0 Å². The van der Waals surface area contributed by atoms with Crippen LogP contribution in [0.25, 0.3) is 0 Å². The Kier molecular flexibility index (Phi) is 9.77. The molecule has 2 rings (SSSR count). The lowest BCUT2D eigenvalue weighted by Crippen LogP contribution is -2.38. The highest BCUT2D eigenvalue weighted by molar-refractivity contribution is 14.0. The molecule has 2 N–H and O–H groups in total. The Morgan fingerprint density at radius 1 is 1.32 bits per heavy atom. The van der Waals surface area contributed by atoms with Crippen LogP contribution in [0.3, 0.4) is 0 Å². The number of hydrogen-bond donors (Lipinski definition) is 2. The van der Waals surface area contributed by atoms with Gasteiger partial charge < -0.3 is 15.5 Å². The summed E-state index contributed by atoms with van der Waals surface area (Å²) in [6.07, 6.45) is 3.48. The van der Waals surface area contributed by atoms with Crippen LogP contribution in [-0.2, 0) is 11.3 Å². The summed E-state index contributed by atoms with van der Waals surface area (Å²) >= 11 is 0. The average molecular weight is 462 g/mol. The third-order valence-corrected chi connectivity index (χ3v) is 3.80. The van der Waals surface area contributed by atoms with Crippen molar-refractivity contribution in [3.8, 4) is 0 Å². The second-order valence-electron chi connectivity index (χ2n) is 6.16. The number of guanidine groups is 1. The van der Waals surface area contributed by atoms with Gasteiger partial charge in [0, 0.05) is 39.1 Å². The highest BCUT2D eigenvalue weighted by Gasteiger charge is 2.22. The predicted octanol–water partition coefficient (Wildman–Crippen LogP) is 2.90. The van der Waals surface area contributed by atoms with Gasteiger partial charge in [0.2, 0.25) is 5.91 Å². The van der Waals surface area contributed by atoms with Crippen molar-refractivity contribution in [2.24, 2.45) is 4.99 Å². The van der Waals surface area contributed by atoms with E-state index in [0.29, 0.717) is 25.6 Å². The fraction of sp³-hybridized carbons (Fsp3) is 0.556. The Morgan fingerprint density at radius 2 is 2.00 bits per heavy atom. The molecule has 25 heavy (non-hydrogen) atoms. The molecule has 1 amide bonds. The van der Waals surface area contributed by atoms with E-state index in [1.807, 2.05) is 18.9 Å². The molecule has 1 aliphatic rings. The van der Waals surface area contributed by atoms with E-state index in [2.05, 4.69) is 15.6 Å². The Morgan fingerprint density at radius 3 is 2.60 bits per heavy atom. The van der Waals surface area contributed by atoms with E-state index >= 15 is 0 Å². The summed E-state index contributed by atoms with van der Waals surface area (Å²) in [6, 6.07) is 6.90. The van der Waals surface area contributed by atoms with Crippen molar-refractivity contribution < 1.29 is 9.18 Å². The molecule has 0 aliphatic heterocycles. The number of hydrogen-bond acceptors (Lipinski definition) is 2. The second-order valence-corrected chi connectivity index (χ2v) is 6.16. The molecule has 1 aromatic carbocycles. The van der Waals surface area contributed by atoms with Gasteiger partial charge in [0.1, 0.15) is 5.82 Å². The first-order valence-corrected chi connectivity index (χ1v) is 8.61. The van der Waals surface area contributed by atoms with E-state index in [1.54, 1.807) is 12.1 Å². The number of halogens is 2. The minimum Gasteiger partial charge on any atom is -0.357 e. The summed E-state index contributed by atoms with van der Waals surface area (Å²) < 4.78 is 13.0. The van der Waals surface area contributed by atoms with E-state index in [-0.39, 0.29) is 35.7 Å². The number of aliphatic imine (C=N–C) groups is 1. The van der Waals surface area contributed by atoms with Gasteiger partial charge in [-0.2, -0.15) is 0 Å². The van der Waals surface area contributed by atoms with Crippen molar-refractivity contribution in [2.75, 3.05) is 20.1 Å². The minimum absolute atomic E-state index is 0. The van der Waals surface area contributed by atoms with Crippen LogP contribution in [0.4, 0.5) is 4.39 Å². The molecule has 0 aromatic heterocycles. The normalized spacial score (nSPS) is 13.8. The number of nitrogens with zero attached hydrogens (tertiary/aromatic N) is 2. The van der Waals surface area contributed by atoms with E-state index in [4.69, 9.17) is 0 Å². The van der Waals surface area contributed by atoms with Gasteiger partial charge in [-0.25, -0.2) is 4.39 Å². The zero-order valence-electron chi connectivity index (χ0n) is 14.9. The molecule has 0 saturated heterocycles. The molecule has 140 valence electrons. The number of carbonyl (C=O) groups excluding carboxylic acids is 1. The van der Waals surface area contributed by atoms with E-state index in [0.717, 1.165) is 37.3 Å². The van der Waals surface area contributed by atoms with E-state index < -0.39 is 0 Å². The predicted molar refractivity (Wildman–Crippen MR) is 110 cm³/mol. The Balaban J connectivity index is 0.00000312. The lowest BCUT2D eigenvalue weighted by molar-refractivity contribution is -0.121. The van der Waals surface area contributed by atoms with Crippen molar-refractivity contribution in [1.29, 1.82) is 0 Å². The summed E-state index contributed by atoms with van der Waals surface area (Å²) in [5, 5.41) is 6.23. The number of carbonyl (C=O) groups is 1. The molecule has 0 atom stereocenters. The van der Waals surface area contributed by atoms with E-state index in [1.165, 1.54) is 12.1 Å². The SMILES string of the molecule is CCNC(=NCCCC(=O)NC1CC1)N(C)Cc1ccc(F)cc1.I. The summed E-state index contributed by atoms with van der Waals surface area (Å²) in [7, 11) is 1.95. The van der Waals surface area contributed by atoms with Gasteiger partial charge in [0.15, 0.2) is 5.96 Å². The van der Waals surface area contributed by atoms with Gasteiger partial charge in [-0.3, -0.25) is 9.79 Å². The van der Waals surface area contributed by atoms with Crippen molar-refractivity contribution >= 4 is 35.8 Å². The van der Waals surface area contributed by atoms with Crippen LogP contribution in [0.5, 0.6) is 0 Å². The van der Waals surface area contributed by atoms with E-state index in [9.17, 15) is 9.18 Å². The number of rotatable bonds is 8. The fourth-order valence-corrected chi connectivity index (χ4v) is 2.36. The molecule has 0 unspecified atom stereocenters. The number of amides is 1. The van der Waals surface area contributed by atoms with Crippen molar-refractivity contribution in [3.63, 3.8) is 0 Å². The van der Waals surface area contributed by atoms with Crippen LogP contribution in [-0.4, -0.2) is 42.9 Å². The average Bonchev–Trinajstić information content (AvgIpc) is 3.36. The molecule has 1 aliphatic carbocycles. The van der Waals surface area contributed by atoms with Gasteiger partial charge in [-0.1, -0.05) is 12.1 Å². The highest BCUT2D eigenvalue weighted by atomic mass is 127. The zero-order valence-corrected chi connectivity index (χ0v) is 17.3. The maximum absolute atomic E-state index is 13.0. The van der Waals surface area contributed by atoms with Crippen LogP contribution in [0.2, 0.25) is 0 Å². The zero-order chi connectivity index (χ0) is 17.4. The molecule has 1 aromatic rings. The first-order valence-electron chi connectivity index (χ1n) is 8.61. The summed E-state index contributed by atoms with van der Waals surface area (Å²) in [4.78, 5) is 18.2. The molecule has 0 radical (unpaired) electrons. The highest BCUT2D eigenvalue weighted by Crippen LogP contribution is 2.18. The van der Waals surface area contributed by atoms with Crippen LogP contribution in [0, 0.1) is 5.82 Å². The first kappa shape index (κ1) is 21.7. The van der Waals surface area contributed by atoms with Crippen LogP contribution < -0.4 is 10.6 Å². The smallest absolute Gasteiger partial charge is 0.220 e. The number of nitrogens with one attached hydrogen (secondary N) is 2. The third kappa shape index (κ3) is 8.51. The fourth-order valence-electron chi connectivity index (χ4n) is 2.36. The Hall–Kier alpha value is -1.38. The van der Waals surface area contributed by atoms with Crippen LogP contribution in [0.15, 0.2) is 29.3 Å². The molecule has 5 nitrogen and oxygen atoms in total. The van der Waals surface area contributed by atoms with Gasteiger partial charge in [0.05, 0.1) is 0 Å². The van der Waals surface area contributed by atoms with Crippen LogP contribution >= 0.6 is 24.0 Å². The molecule has 0 bridgehead atoms. The molecular weight excluding hydrogens is 434 g/mol. The van der Waals surface area contributed by atoms with Gasteiger partial charge in [-0.15, -0.1) is 24.0 Å². The maximum atomic E-state index is 13.0. The second kappa shape index (κ2) is 11.3. The van der Waals surface area contributed by atoms with Crippen molar-refractivity contribution in [2.45, 2.75) is 45.2 Å². The van der Waals surface area contributed by atoms with Crippen LogP contribution in [0.1, 0.15) is 38.2 Å². The Labute approximate surface area is 166 Å². The quantitative estimate of drug-likeness (QED) is 0.271. The molecule has 1 fully saturated rings. The summed E-state index contributed by atoms with van der Waals surface area (Å²) in [5.41, 5.74) is 1.02. The molecule has 1 saturated carbocycles. The lowest BCUT2D eigenvalue weighted by Gasteiger charge is -2.22. The van der Waals surface area contributed by atoms with Gasteiger partial charge >= 0.3 is 0 Å². The molecular formula is C18H28FIN4O. The Bertz CT molecular complexity index is 561.